The fraction of sp³-hybridized carbons (Fsp3) is 0.200. The molecule has 0 bridgehead atoms. The molecule has 0 aromatic heterocycles. The van der Waals surface area contributed by atoms with Gasteiger partial charge in [-0.05, 0) is 24.6 Å². The monoisotopic (exact) mass is 207 g/mol. The minimum absolute atomic E-state index is 0.141. The summed E-state index contributed by atoms with van der Waals surface area (Å²) >= 11 is 0. The summed E-state index contributed by atoms with van der Waals surface area (Å²) in [7, 11) is 0. The number of carbonyl (C=O) groups is 2. The van der Waals surface area contributed by atoms with Crippen molar-refractivity contribution in [3.63, 3.8) is 0 Å². The van der Waals surface area contributed by atoms with Crippen molar-refractivity contribution >= 4 is 17.4 Å². The molecule has 2 N–H and O–H groups in total. The van der Waals surface area contributed by atoms with E-state index in [1.807, 2.05) is 0 Å². The van der Waals surface area contributed by atoms with E-state index in [1.54, 1.807) is 6.92 Å². The number of hydrogen-bond donors (Lipinski definition) is 2. The topological polar surface area (TPSA) is 75.6 Å². The third-order valence-corrected chi connectivity index (χ3v) is 2.23. The lowest BCUT2D eigenvalue weighted by atomic mass is 10.1. The van der Waals surface area contributed by atoms with Crippen LogP contribution in [0.15, 0.2) is 12.1 Å². The molecule has 1 heterocycles. The van der Waals surface area contributed by atoms with Crippen molar-refractivity contribution in [3.8, 4) is 5.75 Å². The highest BCUT2D eigenvalue weighted by molar-refractivity contribution is 6.40. The Balaban J connectivity index is 2.48. The number of ketones is 1. The van der Waals surface area contributed by atoms with Gasteiger partial charge in [0.2, 0.25) is 0 Å². The molecule has 0 saturated carbocycles. The Morgan fingerprint density at radius 2 is 2.20 bits per heavy atom. The molecule has 78 valence electrons. The number of hydrogen-bond acceptors (Lipinski definition) is 4. The largest absolute Gasteiger partial charge is 0.475 e. The second-order valence-corrected chi connectivity index (χ2v) is 3.27. The van der Waals surface area contributed by atoms with Crippen LogP contribution in [0.3, 0.4) is 0 Å². The van der Waals surface area contributed by atoms with Gasteiger partial charge in [-0.25, -0.2) is 4.79 Å². The number of carboxylic acids is 1. The number of aliphatic carboxylic acids is 1. The van der Waals surface area contributed by atoms with Gasteiger partial charge >= 0.3 is 5.97 Å². The number of aryl methyl sites for hydroxylation is 1. The molecule has 2 rings (SSSR count). The summed E-state index contributed by atoms with van der Waals surface area (Å²) in [5.74, 6) is -1.85. The fourth-order valence-electron chi connectivity index (χ4n) is 1.54. The van der Waals surface area contributed by atoms with Gasteiger partial charge in [0.1, 0.15) is 5.75 Å². The first-order chi connectivity index (χ1) is 7.09. The van der Waals surface area contributed by atoms with E-state index in [0.29, 0.717) is 12.5 Å². The van der Waals surface area contributed by atoms with Gasteiger partial charge in [0.05, 0.1) is 5.69 Å². The maximum absolute atomic E-state index is 11.2. The van der Waals surface area contributed by atoms with Crippen LogP contribution in [0.25, 0.3) is 0 Å². The number of Topliss-reactive ketones (excluding diaryl/α,β-unsaturated/α-hetero) is 1. The Labute approximate surface area is 85.7 Å². The molecule has 0 spiro atoms. The van der Waals surface area contributed by atoms with Crippen LogP contribution in [0.5, 0.6) is 5.75 Å². The Hall–Kier alpha value is -2.04. The van der Waals surface area contributed by atoms with E-state index < -0.39 is 11.8 Å². The quantitative estimate of drug-likeness (QED) is 0.559. The molecule has 1 aromatic carbocycles. The molecule has 1 aliphatic rings. The van der Waals surface area contributed by atoms with Gasteiger partial charge in [0.25, 0.3) is 5.78 Å². The van der Waals surface area contributed by atoms with Gasteiger partial charge in [0, 0.05) is 5.56 Å². The lowest BCUT2D eigenvalue weighted by Gasteiger charge is -2.04. The minimum Gasteiger partial charge on any atom is -0.475 e. The van der Waals surface area contributed by atoms with E-state index in [0.717, 1.165) is 11.3 Å². The van der Waals surface area contributed by atoms with E-state index in [2.05, 4.69) is 5.32 Å². The van der Waals surface area contributed by atoms with Crippen molar-refractivity contribution in [3.05, 3.63) is 23.3 Å². The molecular weight excluding hydrogens is 198 g/mol. The number of fused-ring (bicyclic) bond motifs is 1. The molecule has 0 amide bonds. The lowest BCUT2D eigenvalue weighted by molar-refractivity contribution is -0.131. The summed E-state index contributed by atoms with van der Waals surface area (Å²) in [5.41, 5.74) is 1.76. The number of ether oxygens (including phenoxy) is 1. The second-order valence-electron chi connectivity index (χ2n) is 3.27. The molecular formula is C10H9NO4. The van der Waals surface area contributed by atoms with Crippen LogP contribution in [0.2, 0.25) is 0 Å². The normalized spacial score (nSPS) is 12.6. The standard InChI is InChI=1S/C10H9NO4/c1-5-2-6(9(12)10(13)14)3-7-8(5)11-4-15-7/h2-3,11H,4H2,1H3,(H,13,14). The average molecular weight is 207 g/mol. The van der Waals surface area contributed by atoms with Crippen LogP contribution in [-0.2, 0) is 4.79 Å². The van der Waals surface area contributed by atoms with E-state index in [-0.39, 0.29) is 5.56 Å². The summed E-state index contributed by atoms with van der Waals surface area (Å²) in [6.45, 7) is 2.14. The van der Waals surface area contributed by atoms with Crippen molar-refractivity contribution in [2.45, 2.75) is 6.92 Å². The predicted octanol–water partition coefficient (Wildman–Crippen LogP) is 1.02. The lowest BCUT2D eigenvalue weighted by Crippen LogP contribution is -2.12. The van der Waals surface area contributed by atoms with Crippen LogP contribution < -0.4 is 10.1 Å². The number of anilines is 1. The Morgan fingerprint density at radius 1 is 1.47 bits per heavy atom. The molecule has 0 atom stereocenters. The second kappa shape index (κ2) is 3.27. The zero-order chi connectivity index (χ0) is 11.0. The first-order valence-electron chi connectivity index (χ1n) is 4.38. The highest BCUT2D eigenvalue weighted by Gasteiger charge is 2.20. The van der Waals surface area contributed by atoms with E-state index in [1.165, 1.54) is 12.1 Å². The minimum atomic E-state index is -1.46. The molecule has 0 fully saturated rings. The zero-order valence-corrected chi connectivity index (χ0v) is 8.03. The van der Waals surface area contributed by atoms with E-state index in [4.69, 9.17) is 9.84 Å². The zero-order valence-electron chi connectivity index (χ0n) is 8.03. The van der Waals surface area contributed by atoms with Gasteiger partial charge < -0.3 is 15.2 Å². The Bertz CT molecular complexity index is 453. The number of rotatable bonds is 2. The molecule has 5 heteroatoms. The summed E-state index contributed by atoms with van der Waals surface area (Å²) in [5, 5.41) is 11.6. The maximum atomic E-state index is 11.2. The highest BCUT2D eigenvalue weighted by Crippen LogP contribution is 2.33. The molecule has 0 radical (unpaired) electrons. The van der Waals surface area contributed by atoms with Crippen molar-refractivity contribution in [2.75, 3.05) is 12.0 Å². The van der Waals surface area contributed by atoms with E-state index >= 15 is 0 Å². The third kappa shape index (κ3) is 1.52. The molecule has 1 aliphatic heterocycles. The first-order valence-corrected chi connectivity index (χ1v) is 4.38. The van der Waals surface area contributed by atoms with Gasteiger partial charge in [-0.15, -0.1) is 0 Å². The van der Waals surface area contributed by atoms with E-state index in [9.17, 15) is 9.59 Å². The SMILES string of the molecule is Cc1cc(C(=O)C(=O)O)cc2c1NCO2. The molecule has 1 aromatic rings. The summed E-state index contributed by atoms with van der Waals surface area (Å²) in [6, 6.07) is 2.98. The van der Waals surface area contributed by atoms with Crippen LogP contribution in [-0.4, -0.2) is 23.6 Å². The number of carboxylic acid groups (broad SMARTS) is 1. The van der Waals surface area contributed by atoms with Crippen molar-refractivity contribution < 1.29 is 19.4 Å². The third-order valence-electron chi connectivity index (χ3n) is 2.23. The van der Waals surface area contributed by atoms with Gasteiger partial charge in [-0.1, -0.05) is 0 Å². The summed E-state index contributed by atoms with van der Waals surface area (Å²) in [4.78, 5) is 21.7. The van der Waals surface area contributed by atoms with Crippen LogP contribution in [0.4, 0.5) is 5.69 Å². The number of nitrogens with one attached hydrogen (secondary N) is 1. The molecule has 5 nitrogen and oxygen atoms in total. The predicted molar refractivity (Wildman–Crippen MR) is 52.3 cm³/mol. The van der Waals surface area contributed by atoms with Crippen LogP contribution in [0, 0.1) is 6.92 Å². The first kappa shape index (κ1) is 9.51. The summed E-state index contributed by atoms with van der Waals surface area (Å²) in [6.07, 6.45) is 0. The number of benzene rings is 1. The Morgan fingerprint density at radius 3 is 2.87 bits per heavy atom. The Kier molecular flexibility index (Phi) is 2.07. The van der Waals surface area contributed by atoms with Crippen molar-refractivity contribution in [1.29, 1.82) is 0 Å². The van der Waals surface area contributed by atoms with Gasteiger partial charge in [-0.3, -0.25) is 4.79 Å². The molecule has 0 unspecified atom stereocenters. The van der Waals surface area contributed by atoms with Crippen molar-refractivity contribution in [1.82, 2.24) is 0 Å². The van der Waals surface area contributed by atoms with Gasteiger partial charge in [0.15, 0.2) is 6.73 Å². The smallest absolute Gasteiger partial charge is 0.377 e. The summed E-state index contributed by atoms with van der Waals surface area (Å²) < 4.78 is 5.19. The molecule has 15 heavy (non-hydrogen) atoms. The number of carbonyl (C=O) groups excluding carboxylic acids is 1. The molecule has 0 aliphatic carbocycles. The van der Waals surface area contributed by atoms with Crippen molar-refractivity contribution in [2.24, 2.45) is 0 Å². The highest BCUT2D eigenvalue weighted by atomic mass is 16.5. The van der Waals surface area contributed by atoms with Crippen LogP contribution in [0.1, 0.15) is 15.9 Å². The maximum Gasteiger partial charge on any atom is 0.377 e. The molecule has 0 saturated heterocycles. The van der Waals surface area contributed by atoms with Crippen LogP contribution >= 0.6 is 0 Å². The van der Waals surface area contributed by atoms with Gasteiger partial charge in [-0.2, -0.15) is 0 Å². The average Bonchev–Trinajstić information content (AvgIpc) is 2.64. The fourth-order valence-corrected chi connectivity index (χ4v) is 1.54.